The Hall–Kier alpha value is -0.180. The van der Waals surface area contributed by atoms with E-state index in [4.69, 9.17) is 11.6 Å². The molecule has 1 rings (SSSR count). The highest BCUT2D eigenvalue weighted by Crippen LogP contribution is 2.32. The molecule has 0 radical (unpaired) electrons. The molecule has 96 valence electrons. The zero-order valence-electron chi connectivity index (χ0n) is 11.1. The first-order valence-electron chi connectivity index (χ1n) is 6.22. The van der Waals surface area contributed by atoms with Crippen LogP contribution in [0, 0.1) is 0 Å². The van der Waals surface area contributed by atoms with Gasteiger partial charge in [0.1, 0.15) is 0 Å². The molecule has 1 aromatic carbocycles. The van der Waals surface area contributed by atoms with Crippen LogP contribution in [0.3, 0.4) is 0 Å². The summed E-state index contributed by atoms with van der Waals surface area (Å²) in [5.41, 5.74) is 1.23. The Morgan fingerprint density at radius 2 is 2.00 bits per heavy atom. The summed E-state index contributed by atoms with van der Waals surface area (Å²) in [5.74, 6) is 0. The number of hydrogen-bond acceptors (Lipinski definition) is 2. The Labute approximate surface area is 114 Å². The molecule has 1 N–H and O–H groups in total. The lowest BCUT2D eigenvalue weighted by Crippen LogP contribution is -2.22. The summed E-state index contributed by atoms with van der Waals surface area (Å²) in [6.07, 6.45) is 1.17. The fourth-order valence-electron chi connectivity index (χ4n) is 1.43. The summed E-state index contributed by atoms with van der Waals surface area (Å²) in [7, 11) is 0. The van der Waals surface area contributed by atoms with E-state index >= 15 is 0 Å². The summed E-state index contributed by atoms with van der Waals surface area (Å²) in [5, 5.41) is 4.93. The molecule has 0 aliphatic heterocycles. The molecule has 1 unspecified atom stereocenters. The van der Waals surface area contributed by atoms with Gasteiger partial charge in [0.2, 0.25) is 0 Å². The predicted octanol–water partition coefficient (Wildman–Crippen LogP) is 4.73. The molecule has 17 heavy (non-hydrogen) atoms. The van der Waals surface area contributed by atoms with Crippen LogP contribution in [0.25, 0.3) is 0 Å². The minimum atomic E-state index is 0.479. The van der Waals surface area contributed by atoms with Crippen LogP contribution in [-0.2, 0) is 6.54 Å². The van der Waals surface area contributed by atoms with E-state index in [-0.39, 0.29) is 0 Å². The molecule has 1 aromatic rings. The Kier molecular flexibility index (Phi) is 6.39. The Bertz CT molecular complexity index is 352. The van der Waals surface area contributed by atoms with Crippen molar-refractivity contribution in [2.24, 2.45) is 0 Å². The van der Waals surface area contributed by atoms with Crippen molar-refractivity contribution in [2.45, 2.75) is 56.8 Å². The Morgan fingerprint density at radius 1 is 1.29 bits per heavy atom. The molecule has 1 atom stereocenters. The fourth-order valence-corrected chi connectivity index (χ4v) is 2.81. The highest BCUT2D eigenvalue weighted by molar-refractivity contribution is 8.00. The first-order valence-corrected chi connectivity index (χ1v) is 7.47. The average molecular weight is 272 g/mol. The van der Waals surface area contributed by atoms with E-state index in [1.54, 1.807) is 0 Å². The molecule has 0 bridgehead atoms. The van der Waals surface area contributed by atoms with Gasteiger partial charge in [0, 0.05) is 27.8 Å². The molecule has 0 aliphatic rings. The van der Waals surface area contributed by atoms with Crippen molar-refractivity contribution in [3.63, 3.8) is 0 Å². The Morgan fingerprint density at radius 3 is 2.59 bits per heavy atom. The van der Waals surface area contributed by atoms with Gasteiger partial charge in [-0.15, -0.1) is 11.8 Å². The first kappa shape index (κ1) is 14.9. The van der Waals surface area contributed by atoms with Crippen LogP contribution in [-0.4, -0.2) is 11.3 Å². The summed E-state index contributed by atoms with van der Waals surface area (Å²) >= 11 is 8.20. The summed E-state index contributed by atoms with van der Waals surface area (Å²) in [6, 6.07) is 6.65. The fraction of sp³-hybridized carbons (Fsp3) is 0.571. The van der Waals surface area contributed by atoms with E-state index in [1.165, 1.54) is 16.9 Å². The normalized spacial score (nSPS) is 13.1. The van der Waals surface area contributed by atoms with Crippen LogP contribution in [0.4, 0.5) is 0 Å². The summed E-state index contributed by atoms with van der Waals surface area (Å²) in [6.45, 7) is 9.62. The number of hydrogen-bond donors (Lipinski definition) is 1. The van der Waals surface area contributed by atoms with Gasteiger partial charge in [-0.3, -0.25) is 0 Å². The maximum atomic E-state index is 6.29. The number of benzene rings is 1. The smallest absolute Gasteiger partial charge is 0.0462 e. The third-order valence-corrected chi connectivity index (χ3v) is 4.39. The second kappa shape index (κ2) is 7.30. The lowest BCUT2D eigenvalue weighted by atomic mass is 10.2. The molecule has 0 aromatic heterocycles. The molecular weight excluding hydrogens is 250 g/mol. The third kappa shape index (κ3) is 4.90. The maximum absolute atomic E-state index is 6.29. The molecule has 1 nitrogen and oxygen atoms in total. The maximum Gasteiger partial charge on any atom is 0.0462 e. The van der Waals surface area contributed by atoms with Gasteiger partial charge in [-0.2, -0.15) is 0 Å². The number of thioether (sulfide) groups is 1. The van der Waals surface area contributed by atoms with Gasteiger partial charge in [-0.25, -0.2) is 0 Å². The lowest BCUT2D eigenvalue weighted by Gasteiger charge is -2.16. The van der Waals surface area contributed by atoms with E-state index < -0.39 is 0 Å². The van der Waals surface area contributed by atoms with Crippen molar-refractivity contribution >= 4 is 23.4 Å². The van der Waals surface area contributed by atoms with E-state index in [2.05, 4.69) is 39.1 Å². The van der Waals surface area contributed by atoms with E-state index in [9.17, 15) is 0 Å². The van der Waals surface area contributed by atoms with Gasteiger partial charge in [0.25, 0.3) is 0 Å². The SMILES string of the molecule is CCC(C)Sc1cccc(Cl)c1CNC(C)C. The predicted molar refractivity (Wildman–Crippen MR) is 79.0 cm³/mol. The van der Waals surface area contributed by atoms with Gasteiger partial charge in [0.15, 0.2) is 0 Å². The van der Waals surface area contributed by atoms with Crippen LogP contribution in [0.2, 0.25) is 5.02 Å². The standard InChI is InChI=1S/C14H22ClNS/c1-5-11(4)17-14-8-6-7-13(15)12(14)9-16-10(2)3/h6-8,10-11,16H,5,9H2,1-4H3. The topological polar surface area (TPSA) is 12.0 Å². The van der Waals surface area contributed by atoms with Crippen molar-refractivity contribution in [2.75, 3.05) is 0 Å². The van der Waals surface area contributed by atoms with Crippen molar-refractivity contribution in [1.82, 2.24) is 5.32 Å². The molecule has 0 amide bonds. The molecule has 0 fully saturated rings. The van der Waals surface area contributed by atoms with Gasteiger partial charge in [-0.05, 0) is 24.1 Å². The third-order valence-electron chi connectivity index (χ3n) is 2.67. The van der Waals surface area contributed by atoms with Crippen molar-refractivity contribution in [1.29, 1.82) is 0 Å². The van der Waals surface area contributed by atoms with Crippen LogP contribution in [0.1, 0.15) is 39.7 Å². The minimum absolute atomic E-state index is 0.479. The highest BCUT2D eigenvalue weighted by Gasteiger charge is 2.10. The molecule has 0 saturated heterocycles. The van der Waals surface area contributed by atoms with E-state index in [0.717, 1.165) is 11.6 Å². The number of nitrogens with one attached hydrogen (secondary N) is 1. The van der Waals surface area contributed by atoms with Crippen molar-refractivity contribution in [3.8, 4) is 0 Å². The quantitative estimate of drug-likeness (QED) is 0.751. The molecular formula is C14H22ClNS. The van der Waals surface area contributed by atoms with Crippen LogP contribution in [0.15, 0.2) is 23.1 Å². The zero-order valence-corrected chi connectivity index (χ0v) is 12.7. The van der Waals surface area contributed by atoms with Crippen molar-refractivity contribution in [3.05, 3.63) is 28.8 Å². The van der Waals surface area contributed by atoms with Gasteiger partial charge >= 0.3 is 0 Å². The molecule has 0 heterocycles. The Balaban J connectivity index is 2.84. The summed E-state index contributed by atoms with van der Waals surface area (Å²) < 4.78 is 0. The van der Waals surface area contributed by atoms with Gasteiger partial charge < -0.3 is 5.32 Å². The van der Waals surface area contributed by atoms with Crippen LogP contribution >= 0.6 is 23.4 Å². The second-order valence-corrected chi connectivity index (χ2v) is 6.48. The second-order valence-electron chi connectivity index (χ2n) is 4.59. The first-order chi connectivity index (χ1) is 8.04. The van der Waals surface area contributed by atoms with Crippen molar-refractivity contribution < 1.29 is 0 Å². The average Bonchev–Trinajstić information content (AvgIpc) is 2.27. The molecule has 0 saturated carbocycles. The highest BCUT2D eigenvalue weighted by atomic mass is 35.5. The van der Waals surface area contributed by atoms with Crippen LogP contribution < -0.4 is 5.32 Å². The molecule has 0 spiro atoms. The monoisotopic (exact) mass is 271 g/mol. The molecule has 3 heteroatoms. The zero-order chi connectivity index (χ0) is 12.8. The minimum Gasteiger partial charge on any atom is -0.310 e. The van der Waals surface area contributed by atoms with E-state index in [1.807, 2.05) is 23.9 Å². The van der Waals surface area contributed by atoms with E-state index in [0.29, 0.717) is 11.3 Å². The van der Waals surface area contributed by atoms with Crippen LogP contribution in [0.5, 0.6) is 0 Å². The van der Waals surface area contributed by atoms with Gasteiger partial charge in [-0.1, -0.05) is 45.4 Å². The lowest BCUT2D eigenvalue weighted by molar-refractivity contribution is 0.585. The largest absolute Gasteiger partial charge is 0.310 e. The number of rotatable bonds is 6. The number of halogens is 1. The molecule has 0 aliphatic carbocycles. The summed E-state index contributed by atoms with van der Waals surface area (Å²) in [4.78, 5) is 1.31. The van der Waals surface area contributed by atoms with Gasteiger partial charge in [0.05, 0.1) is 0 Å².